The average Bonchev–Trinajstić information content (AvgIpc) is 2.46. The Bertz CT molecular complexity index is 357. The van der Waals surface area contributed by atoms with Crippen molar-refractivity contribution in [1.29, 1.82) is 0 Å². The van der Waals surface area contributed by atoms with Gasteiger partial charge in [-0.05, 0) is 25.0 Å². The van der Waals surface area contributed by atoms with Crippen molar-refractivity contribution in [3.8, 4) is 5.75 Å². The lowest BCUT2D eigenvalue weighted by atomic mass is 10.1. The van der Waals surface area contributed by atoms with E-state index in [4.69, 9.17) is 4.74 Å². The van der Waals surface area contributed by atoms with Gasteiger partial charge in [0.1, 0.15) is 5.75 Å². The lowest BCUT2D eigenvalue weighted by Gasteiger charge is -2.02. The Morgan fingerprint density at radius 3 is 2.14 bits per heavy atom. The van der Waals surface area contributed by atoms with Crippen LogP contribution >= 0.6 is 0 Å². The van der Waals surface area contributed by atoms with Gasteiger partial charge in [-0.2, -0.15) is 4.79 Å². The predicted octanol–water partition coefficient (Wildman–Crippen LogP) is 0.894. The van der Waals surface area contributed by atoms with Crippen LogP contribution in [0.2, 0.25) is 0 Å². The van der Waals surface area contributed by atoms with Crippen molar-refractivity contribution in [1.82, 2.24) is 0 Å². The molecule has 0 heterocycles. The van der Waals surface area contributed by atoms with Crippen molar-refractivity contribution in [3.63, 3.8) is 0 Å². The minimum Gasteiger partial charge on any atom is -1.00 e. The van der Waals surface area contributed by atoms with Gasteiger partial charge in [-0.3, -0.25) is 0 Å². The molecule has 0 fully saturated rings. The smallest absolute Gasteiger partial charge is 0.518 e. The Labute approximate surface area is 139 Å². The van der Waals surface area contributed by atoms with Crippen LogP contribution in [0.25, 0.3) is 0 Å². The molecule has 0 aliphatic heterocycles. The molecule has 0 saturated carbocycles. The number of para-hydroxylation sites is 1. The zero-order chi connectivity index (χ0) is 14.5. The summed E-state index contributed by atoms with van der Waals surface area (Å²) in [6.45, 7) is 3.06. The Morgan fingerprint density at radius 2 is 1.52 bits per heavy atom. The number of hydrogen-bond donors (Lipinski definition) is 1. The number of carbonyl (C=O) groups is 1. The van der Waals surface area contributed by atoms with Crippen LogP contribution in [-0.4, -0.2) is 12.6 Å². The van der Waals surface area contributed by atoms with Crippen LogP contribution in [0.15, 0.2) is 30.3 Å². The molecule has 120 valence electrons. The molecule has 0 unspecified atom stereocenters. The minimum absolute atomic E-state index is 0. The summed E-state index contributed by atoms with van der Waals surface area (Å²) in [7, 11) is 0. The molecule has 0 bridgehead atoms. The Hall–Kier alpha value is -0.870. The highest BCUT2D eigenvalue weighted by molar-refractivity contribution is 5.59. The van der Waals surface area contributed by atoms with E-state index in [1.807, 2.05) is 18.2 Å². The number of halogens is 1. The van der Waals surface area contributed by atoms with Crippen molar-refractivity contribution >= 4 is 6.09 Å². The molecule has 0 saturated heterocycles. The number of hydrogen-bond acceptors (Lipinski definition) is 2. The van der Waals surface area contributed by atoms with Crippen LogP contribution in [0.3, 0.4) is 0 Å². The Morgan fingerprint density at radius 1 is 0.952 bits per heavy atom. The fourth-order valence-electron chi connectivity index (χ4n) is 2.14. The van der Waals surface area contributed by atoms with Gasteiger partial charge in [0.25, 0.3) is 0 Å². The van der Waals surface area contributed by atoms with Crippen LogP contribution < -0.4 is 27.0 Å². The maximum absolute atomic E-state index is 11.5. The molecular weight excluding hydrogens is 330 g/mol. The minimum atomic E-state index is -0.237. The molecular formula is C17H28BrNO2. The first kappa shape index (κ1) is 20.1. The number of quaternary nitrogens is 1. The van der Waals surface area contributed by atoms with Crippen LogP contribution in [0.5, 0.6) is 5.75 Å². The summed E-state index contributed by atoms with van der Waals surface area (Å²) >= 11 is 0. The van der Waals surface area contributed by atoms with E-state index >= 15 is 0 Å². The zero-order valence-electron chi connectivity index (χ0n) is 13.0. The van der Waals surface area contributed by atoms with Gasteiger partial charge >= 0.3 is 6.09 Å². The summed E-state index contributed by atoms with van der Waals surface area (Å²) in [5.41, 5.74) is 0. The standard InChI is InChI=1S/C17H27NO2.BrH/c1-2-3-4-5-6-7-8-12-15-18-17(19)20-16-13-10-9-11-14-16;/h9-11,13-14H,2-8,12,15H2,1H3,(H,18,19);1H. The van der Waals surface area contributed by atoms with Gasteiger partial charge in [-0.25, -0.2) is 5.32 Å². The average molecular weight is 358 g/mol. The second kappa shape index (κ2) is 14.1. The number of rotatable bonds is 10. The zero-order valence-corrected chi connectivity index (χ0v) is 14.6. The summed E-state index contributed by atoms with van der Waals surface area (Å²) in [5, 5.41) is 1.66. The van der Waals surface area contributed by atoms with Gasteiger partial charge < -0.3 is 21.7 Å². The van der Waals surface area contributed by atoms with Gasteiger partial charge in [0.2, 0.25) is 0 Å². The van der Waals surface area contributed by atoms with Crippen molar-refractivity contribution in [2.75, 3.05) is 6.54 Å². The second-order valence-corrected chi connectivity index (χ2v) is 5.20. The number of nitrogens with two attached hydrogens (primary N) is 1. The monoisotopic (exact) mass is 357 g/mol. The summed E-state index contributed by atoms with van der Waals surface area (Å²) in [5.74, 6) is 0.615. The van der Waals surface area contributed by atoms with Crippen LogP contribution in [-0.2, 0) is 0 Å². The molecule has 1 amide bonds. The second-order valence-electron chi connectivity index (χ2n) is 5.20. The van der Waals surface area contributed by atoms with Gasteiger partial charge in [-0.15, -0.1) is 0 Å². The molecule has 0 aromatic heterocycles. The summed E-state index contributed by atoms with van der Waals surface area (Å²) in [4.78, 5) is 11.5. The molecule has 3 nitrogen and oxygen atoms in total. The molecule has 1 rings (SSSR count). The highest BCUT2D eigenvalue weighted by Crippen LogP contribution is 2.08. The molecule has 0 aliphatic carbocycles. The number of benzene rings is 1. The van der Waals surface area contributed by atoms with Crippen molar-refractivity contribution in [3.05, 3.63) is 30.3 Å². The maximum Gasteiger partial charge on any atom is 0.518 e. The quantitative estimate of drug-likeness (QED) is 0.632. The molecule has 0 spiro atoms. The summed E-state index contributed by atoms with van der Waals surface area (Å²) in [6.07, 6.45) is 10.1. The Balaban J connectivity index is 0.00000400. The van der Waals surface area contributed by atoms with E-state index in [0.29, 0.717) is 5.75 Å². The fourth-order valence-corrected chi connectivity index (χ4v) is 2.14. The normalized spacial score (nSPS) is 9.95. The first-order valence-electron chi connectivity index (χ1n) is 7.93. The Kier molecular flexibility index (Phi) is 13.5. The third-order valence-corrected chi connectivity index (χ3v) is 3.33. The summed E-state index contributed by atoms with van der Waals surface area (Å²) < 4.78 is 5.19. The van der Waals surface area contributed by atoms with Gasteiger partial charge in [0.05, 0.1) is 6.54 Å². The van der Waals surface area contributed by atoms with Gasteiger partial charge in [0.15, 0.2) is 0 Å². The number of unbranched alkanes of at least 4 members (excludes halogenated alkanes) is 7. The molecule has 2 N–H and O–H groups in total. The molecule has 0 aliphatic rings. The highest BCUT2D eigenvalue weighted by atomic mass is 79.9. The molecule has 21 heavy (non-hydrogen) atoms. The maximum atomic E-state index is 11.5. The SMILES string of the molecule is CCCCCCCCCC[NH2+]C(=O)Oc1ccccc1.[Br-]. The molecule has 4 heteroatoms. The number of carbonyl (C=O) groups excluding carboxylic acids is 1. The summed E-state index contributed by atoms with van der Waals surface area (Å²) in [6, 6.07) is 9.22. The van der Waals surface area contributed by atoms with E-state index in [1.165, 1.54) is 44.9 Å². The van der Waals surface area contributed by atoms with Crippen LogP contribution in [0, 0.1) is 0 Å². The lowest BCUT2D eigenvalue weighted by Crippen LogP contribution is -3.00. The first-order chi connectivity index (χ1) is 9.83. The van der Waals surface area contributed by atoms with E-state index in [0.717, 1.165) is 13.0 Å². The third-order valence-electron chi connectivity index (χ3n) is 3.33. The fraction of sp³-hybridized carbons (Fsp3) is 0.588. The first-order valence-corrected chi connectivity index (χ1v) is 7.93. The van der Waals surface area contributed by atoms with E-state index in [-0.39, 0.29) is 23.1 Å². The van der Waals surface area contributed by atoms with E-state index in [2.05, 4.69) is 6.92 Å². The molecule has 0 atom stereocenters. The molecule has 1 aromatic carbocycles. The number of amides is 1. The lowest BCUT2D eigenvalue weighted by molar-refractivity contribution is -0.566. The topological polar surface area (TPSA) is 42.9 Å². The number of primary amides is 1. The van der Waals surface area contributed by atoms with Gasteiger partial charge in [0, 0.05) is 0 Å². The van der Waals surface area contributed by atoms with E-state index in [1.54, 1.807) is 17.4 Å². The molecule has 1 aromatic rings. The van der Waals surface area contributed by atoms with Crippen LogP contribution in [0.4, 0.5) is 4.79 Å². The van der Waals surface area contributed by atoms with E-state index in [9.17, 15) is 4.79 Å². The van der Waals surface area contributed by atoms with Gasteiger partial charge in [-0.1, -0.05) is 63.6 Å². The van der Waals surface area contributed by atoms with Crippen molar-refractivity contribution in [2.45, 2.75) is 58.3 Å². The highest BCUT2D eigenvalue weighted by Gasteiger charge is 2.07. The van der Waals surface area contributed by atoms with E-state index < -0.39 is 0 Å². The van der Waals surface area contributed by atoms with Crippen molar-refractivity contribution < 1.29 is 31.8 Å². The third kappa shape index (κ3) is 11.5. The number of ether oxygens (including phenoxy) is 1. The van der Waals surface area contributed by atoms with Crippen LogP contribution in [0.1, 0.15) is 58.3 Å². The molecule has 0 radical (unpaired) electrons. The predicted molar refractivity (Wildman–Crippen MR) is 81.9 cm³/mol. The largest absolute Gasteiger partial charge is 1.00 e. The van der Waals surface area contributed by atoms with Crippen molar-refractivity contribution in [2.24, 2.45) is 0 Å².